The number of rotatable bonds is 7. The van der Waals surface area contributed by atoms with Gasteiger partial charge in [-0.25, -0.2) is 4.79 Å². The molecule has 4 aromatic carbocycles. The molecule has 176 valence electrons. The van der Waals surface area contributed by atoms with Crippen molar-refractivity contribution in [2.45, 2.75) is 26.3 Å². The van der Waals surface area contributed by atoms with Crippen LogP contribution in [-0.4, -0.2) is 28.2 Å². The molecule has 1 amide bonds. The van der Waals surface area contributed by atoms with Crippen molar-refractivity contribution < 1.29 is 19.4 Å². The van der Waals surface area contributed by atoms with Crippen LogP contribution in [0.1, 0.15) is 41.3 Å². The van der Waals surface area contributed by atoms with Crippen LogP contribution in [0.4, 0.5) is 0 Å². The maximum Gasteiger partial charge on any atom is 0.341 e. The molecule has 0 aliphatic heterocycles. The van der Waals surface area contributed by atoms with E-state index in [1.54, 1.807) is 6.07 Å². The average molecular weight is 467 g/mol. The van der Waals surface area contributed by atoms with Gasteiger partial charge in [0.1, 0.15) is 5.75 Å². The van der Waals surface area contributed by atoms with Gasteiger partial charge in [-0.05, 0) is 58.1 Å². The van der Waals surface area contributed by atoms with E-state index in [1.165, 1.54) is 5.39 Å². The second-order valence-electron chi connectivity index (χ2n) is 9.08. The number of aromatic nitrogens is 1. The predicted molar refractivity (Wildman–Crippen MR) is 138 cm³/mol. The lowest BCUT2D eigenvalue weighted by atomic mass is 9.99. The summed E-state index contributed by atoms with van der Waals surface area (Å²) in [5.41, 5.74) is 9.97. The van der Waals surface area contributed by atoms with Crippen molar-refractivity contribution in [3.8, 4) is 5.75 Å². The quantitative estimate of drug-likeness (QED) is 0.323. The molecule has 0 aliphatic rings. The number of hydrogen-bond acceptors (Lipinski definition) is 3. The smallest absolute Gasteiger partial charge is 0.341 e. The van der Waals surface area contributed by atoms with Gasteiger partial charge >= 0.3 is 5.97 Å². The Morgan fingerprint density at radius 3 is 2.40 bits per heavy atom. The van der Waals surface area contributed by atoms with Crippen LogP contribution in [0.15, 0.2) is 72.8 Å². The Labute approximate surface area is 202 Å². The van der Waals surface area contributed by atoms with Gasteiger partial charge in [0.2, 0.25) is 5.91 Å². The zero-order valence-electron chi connectivity index (χ0n) is 19.6. The number of carbonyl (C=O) groups is 2. The fraction of sp³-hybridized carbons (Fsp3) is 0.172. The summed E-state index contributed by atoms with van der Waals surface area (Å²) in [6.07, 6.45) is 0. The number of nitrogens with two attached hydrogens (primary N) is 1. The second-order valence-corrected chi connectivity index (χ2v) is 9.08. The van der Waals surface area contributed by atoms with E-state index >= 15 is 0 Å². The molecule has 1 aromatic heterocycles. The van der Waals surface area contributed by atoms with Gasteiger partial charge in [-0.15, -0.1) is 0 Å². The zero-order chi connectivity index (χ0) is 24.7. The fourth-order valence-electron chi connectivity index (χ4n) is 4.73. The van der Waals surface area contributed by atoms with Crippen LogP contribution < -0.4 is 10.5 Å². The topological polar surface area (TPSA) is 94.6 Å². The van der Waals surface area contributed by atoms with E-state index in [0.717, 1.165) is 27.5 Å². The van der Waals surface area contributed by atoms with Crippen molar-refractivity contribution in [1.29, 1.82) is 0 Å². The number of carboxylic acid groups (broad SMARTS) is 1. The largest absolute Gasteiger partial charge is 0.481 e. The molecular formula is C29H26N2O4. The standard InChI is InChI=1S/C29H26N2O4/c1-17(2)21-13-24-28(25(14-21)35-16-26(32)33)27-22(29(30)34)8-5-9-23(27)31(24)15-18-10-11-19-6-3-4-7-20(19)12-18/h3-14,17H,15-16H2,1-2H3,(H2,30,34)(H,32,33). The minimum atomic E-state index is -1.07. The molecule has 0 atom stereocenters. The van der Waals surface area contributed by atoms with Crippen LogP contribution in [0.3, 0.4) is 0 Å². The third-order valence-electron chi connectivity index (χ3n) is 6.42. The number of amides is 1. The van der Waals surface area contributed by atoms with Crippen LogP contribution in [0.5, 0.6) is 5.75 Å². The van der Waals surface area contributed by atoms with Crippen molar-refractivity contribution in [2.75, 3.05) is 6.61 Å². The van der Waals surface area contributed by atoms with Gasteiger partial charge in [0, 0.05) is 17.5 Å². The maximum absolute atomic E-state index is 12.4. The number of ether oxygens (including phenoxy) is 1. The molecular weight excluding hydrogens is 440 g/mol. The van der Waals surface area contributed by atoms with Crippen LogP contribution in [-0.2, 0) is 11.3 Å². The summed E-state index contributed by atoms with van der Waals surface area (Å²) in [6.45, 7) is 4.24. The molecule has 0 bridgehead atoms. The van der Waals surface area contributed by atoms with E-state index < -0.39 is 18.5 Å². The summed E-state index contributed by atoms with van der Waals surface area (Å²) in [5, 5.41) is 12.9. The van der Waals surface area contributed by atoms with Gasteiger partial charge in [-0.1, -0.05) is 56.3 Å². The zero-order valence-corrected chi connectivity index (χ0v) is 19.6. The maximum atomic E-state index is 12.4. The normalized spacial score (nSPS) is 11.5. The first kappa shape index (κ1) is 22.5. The second kappa shape index (κ2) is 8.80. The number of hydrogen-bond donors (Lipinski definition) is 2. The van der Waals surface area contributed by atoms with Crippen molar-refractivity contribution in [2.24, 2.45) is 5.73 Å². The third kappa shape index (κ3) is 4.08. The molecule has 5 rings (SSSR count). The average Bonchev–Trinajstić information content (AvgIpc) is 3.16. The Hall–Kier alpha value is -4.32. The molecule has 0 aliphatic carbocycles. The highest BCUT2D eigenvalue weighted by atomic mass is 16.5. The number of primary amides is 1. The van der Waals surface area contributed by atoms with Crippen molar-refractivity contribution in [1.82, 2.24) is 4.57 Å². The van der Waals surface area contributed by atoms with E-state index in [9.17, 15) is 14.7 Å². The first-order chi connectivity index (χ1) is 16.8. The van der Waals surface area contributed by atoms with E-state index in [-0.39, 0.29) is 5.92 Å². The van der Waals surface area contributed by atoms with E-state index in [2.05, 4.69) is 54.8 Å². The van der Waals surface area contributed by atoms with Crippen LogP contribution >= 0.6 is 0 Å². The van der Waals surface area contributed by atoms with Gasteiger partial charge in [-0.3, -0.25) is 4.79 Å². The minimum absolute atomic E-state index is 0.189. The van der Waals surface area contributed by atoms with Gasteiger partial charge < -0.3 is 20.1 Å². The molecule has 0 unspecified atom stereocenters. The lowest BCUT2D eigenvalue weighted by molar-refractivity contribution is -0.139. The summed E-state index contributed by atoms with van der Waals surface area (Å²) in [7, 11) is 0. The Bertz CT molecular complexity index is 1610. The van der Waals surface area contributed by atoms with E-state index in [0.29, 0.717) is 28.6 Å². The van der Waals surface area contributed by atoms with Gasteiger partial charge in [0.05, 0.1) is 16.4 Å². The molecule has 3 N–H and O–H groups in total. The molecule has 1 heterocycles. The van der Waals surface area contributed by atoms with Crippen LogP contribution in [0, 0.1) is 0 Å². The Morgan fingerprint density at radius 1 is 0.914 bits per heavy atom. The third-order valence-corrected chi connectivity index (χ3v) is 6.42. The Kier molecular flexibility index (Phi) is 5.65. The number of aliphatic carboxylic acids is 1. The van der Waals surface area contributed by atoms with Crippen molar-refractivity contribution in [3.05, 3.63) is 89.5 Å². The summed E-state index contributed by atoms with van der Waals surface area (Å²) in [4.78, 5) is 23.7. The number of carbonyl (C=O) groups excluding carboxylic acids is 1. The molecule has 0 saturated carbocycles. The number of fused-ring (bicyclic) bond motifs is 4. The number of nitrogens with zero attached hydrogens (tertiary/aromatic N) is 1. The van der Waals surface area contributed by atoms with Crippen LogP contribution in [0.25, 0.3) is 32.6 Å². The highest BCUT2D eigenvalue weighted by molar-refractivity contribution is 6.20. The van der Waals surface area contributed by atoms with Gasteiger partial charge in [0.15, 0.2) is 6.61 Å². The van der Waals surface area contributed by atoms with Gasteiger partial charge in [0.25, 0.3) is 0 Å². The predicted octanol–water partition coefficient (Wildman–Crippen LogP) is 5.68. The summed E-state index contributed by atoms with van der Waals surface area (Å²) in [6, 6.07) is 24.0. The molecule has 0 saturated heterocycles. The van der Waals surface area contributed by atoms with Gasteiger partial charge in [-0.2, -0.15) is 0 Å². The summed E-state index contributed by atoms with van der Waals surface area (Å²) >= 11 is 0. The van der Waals surface area contributed by atoms with E-state index in [4.69, 9.17) is 10.5 Å². The lowest BCUT2D eigenvalue weighted by Gasteiger charge is -2.14. The van der Waals surface area contributed by atoms with E-state index in [1.807, 2.05) is 30.3 Å². The highest BCUT2D eigenvalue weighted by Crippen LogP contribution is 2.40. The summed E-state index contributed by atoms with van der Waals surface area (Å²) in [5.74, 6) is -0.987. The first-order valence-corrected chi connectivity index (χ1v) is 11.5. The molecule has 6 nitrogen and oxygen atoms in total. The van der Waals surface area contributed by atoms with Crippen molar-refractivity contribution >= 4 is 44.5 Å². The molecule has 0 spiro atoms. The summed E-state index contributed by atoms with van der Waals surface area (Å²) < 4.78 is 7.92. The fourth-order valence-corrected chi connectivity index (χ4v) is 4.73. The molecule has 35 heavy (non-hydrogen) atoms. The highest BCUT2D eigenvalue weighted by Gasteiger charge is 2.22. The monoisotopic (exact) mass is 466 g/mol. The Balaban J connectivity index is 1.81. The molecule has 6 heteroatoms. The molecule has 0 fully saturated rings. The van der Waals surface area contributed by atoms with Crippen molar-refractivity contribution in [3.63, 3.8) is 0 Å². The molecule has 5 aromatic rings. The number of benzene rings is 4. The lowest BCUT2D eigenvalue weighted by Crippen LogP contribution is -2.12. The minimum Gasteiger partial charge on any atom is -0.481 e. The van der Waals surface area contributed by atoms with Crippen LogP contribution in [0.2, 0.25) is 0 Å². The number of carboxylic acids is 1. The molecule has 0 radical (unpaired) electrons. The SMILES string of the molecule is CC(C)c1cc(OCC(=O)O)c2c3c(C(N)=O)cccc3n(Cc3ccc4ccccc4c3)c2c1. The Morgan fingerprint density at radius 2 is 1.69 bits per heavy atom. The first-order valence-electron chi connectivity index (χ1n) is 11.5.